The van der Waals surface area contributed by atoms with E-state index in [9.17, 15) is 18.0 Å². The summed E-state index contributed by atoms with van der Waals surface area (Å²) in [6, 6.07) is 3.37. The molecule has 0 spiro atoms. The SMILES string of the molecule is O=C(CCNC1CC1)Nc1ccc(C(F)(F)F)cc1Cl. The van der Waals surface area contributed by atoms with Crippen LogP contribution in [0.25, 0.3) is 0 Å². The molecule has 110 valence electrons. The Balaban J connectivity index is 1.89. The minimum atomic E-state index is -4.44. The lowest BCUT2D eigenvalue weighted by atomic mass is 10.2. The number of halogens is 4. The highest BCUT2D eigenvalue weighted by Crippen LogP contribution is 2.33. The lowest BCUT2D eigenvalue weighted by Crippen LogP contribution is -2.23. The Morgan fingerprint density at radius 2 is 2.05 bits per heavy atom. The number of anilines is 1. The van der Waals surface area contributed by atoms with Gasteiger partial charge in [0.1, 0.15) is 0 Å². The molecule has 2 rings (SSSR count). The molecule has 1 amide bonds. The lowest BCUT2D eigenvalue weighted by molar-refractivity contribution is -0.137. The third-order valence-corrected chi connectivity index (χ3v) is 3.25. The highest BCUT2D eigenvalue weighted by atomic mass is 35.5. The molecule has 0 radical (unpaired) electrons. The molecule has 1 fully saturated rings. The van der Waals surface area contributed by atoms with Crippen LogP contribution in [0.15, 0.2) is 18.2 Å². The number of benzene rings is 1. The average molecular weight is 307 g/mol. The molecule has 1 aliphatic carbocycles. The smallest absolute Gasteiger partial charge is 0.325 e. The number of hydrogen-bond donors (Lipinski definition) is 2. The van der Waals surface area contributed by atoms with Crippen molar-refractivity contribution >= 4 is 23.2 Å². The number of alkyl halides is 3. The highest BCUT2D eigenvalue weighted by Gasteiger charge is 2.31. The summed E-state index contributed by atoms with van der Waals surface area (Å²) in [5.41, 5.74) is -0.646. The molecular weight excluding hydrogens is 293 g/mol. The number of carbonyl (C=O) groups excluding carboxylic acids is 1. The number of nitrogens with one attached hydrogen (secondary N) is 2. The van der Waals surface area contributed by atoms with Crippen LogP contribution in [0, 0.1) is 0 Å². The van der Waals surface area contributed by atoms with Gasteiger partial charge in [-0.1, -0.05) is 11.6 Å². The number of rotatable bonds is 5. The fourth-order valence-electron chi connectivity index (χ4n) is 1.68. The van der Waals surface area contributed by atoms with E-state index in [1.165, 1.54) is 0 Å². The van der Waals surface area contributed by atoms with Gasteiger partial charge in [0, 0.05) is 19.0 Å². The predicted octanol–water partition coefficient (Wildman–Crippen LogP) is 3.44. The molecule has 0 aliphatic heterocycles. The Bertz CT molecular complexity index is 501. The van der Waals surface area contributed by atoms with E-state index >= 15 is 0 Å². The van der Waals surface area contributed by atoms with E-state index in [2.05, 4.69) is 10.6 Å². The van der Waals surface area contributed by atoms with Gasteiger partial charge in [-0.25, -0.2) is 0 Å². The molecule has 20 heavy (non-hydrogen) atoms. The van der Waals surface area contributed by atoms with Crippen molar-refractivity contribution in [2.45, 2.75) is 31.5 Å². The number of carbonyl (C=O) groups is 1. The van der Waals surface area contributed by atoms with Crippen LogP contribution in [-0.4, -0.2) is 18.5 Å². The summed E-state index contributed by atoms with van der Waals surface area (Å²) in [7, 11) is 0. The van der Waals surface area contributed by atoms with Crippen molar-refractivity contribution in [2.75, 3.05) is 11.9 Å². The first kappa shape index (κ1) is 15.1. The predicted molar refractivity (Wildman–Crippen MR) is 70.7 cm³/mol. The quantitative estimate of drug-likeness (QED) is 0.875. The highest BCUT2D eigenvalue weighted by molar-refractivity contribution is 6.33. The van der Waals surface area contributed by atoms with Crippen LogP contribution in [0.5, 0.6) is 0 Å². The molecule has 0 bridgehead atoms. The second kappa shape index (κ2) is 6.01. The van der Waals surface area contributed by atoms with Crippen LogP contribution in [0.3, 0.4) is 0 Å². The molecule has 1 aromatic carbocycles. The van der Waals surface area contributed by atoms with E-state index in [1.54, 1.807) is 0 Å². The molecule has 3 nitrogen and oxygen atoms in total. The third-order valence-electron chi connectivity index (χ3n) is 2.93. The number of amides is 1. The first-order valence-corrected chi connectivity index (χ1v) is 6.64. The van der Waals surface area contributed by atoms with Gasteiger partial charge in [-0.2, -0.15) is 13.2 Å². The molecule has 0 aromatic heterocycles. The second-order valence-electron chi connectivity index (χ2n) is 4.72. The van der Waals surface area contributed by atoms with Gasteiger partial charge in [0.05, 0.1) is 16.3 Å². The zero-order valence-corrected chi connectivity index (χ0v) is 11.3. The van der Waals surface area contributed by atoms with Crippen molar-refractivity contribution in [1.82, 2.24) is 5.32 Å². The van der Waals surface area contributed by atoms with Crippen LogP contribution in [-0.2, 0) is 11.0 Å². The van der Waals surface area contributed by atoms with E-state index in [0.29, 0.717) is 12.6 Å². The Kier molecular flexibility index (Phi) is 4.55. The molecule has 0 unspecified atom stereocenters. The van der Waals surface area contributed by atoms with E-state index in [1.807, 2.05) is 0 Å². The van der Waals surface area contributed by atoms with Gasteiger partial charge in [-0.3, -0.25) is 4.79 Å². The second-order valence-corrected chi connectivity index (χ2v) is 5.13. The van der Waals surface area contributed by atoms with Crippen LogP contribution >= 0.6 is 11.6 Å². The average Bonchev–Trinajstić information content (AvgIpc) is 3.14. The van der Waals surface area contributed by atoms with E-state index in [4.69, 9.17) is 11.6 Å². The zero-order valence-electron chi connectivity index (χ0n) is 10.6. The fraction of sp³-hybridized carbons (Fsp3) is 0.462. The lowest BCUT2D eigenvalue weighted by Gasteiger charge is -2.11. The molecule has 0 saturated heterocycles. The first-order valence-electron chi connectivity index (χ1n) is 6.26. The van der Waals surface area contributed by atoms with Crippen molar-refractivity contribution in [3.8, 4) is 0 Å². The maximum atomic E-state index is 12.5. The first-order chi connectivity index (χ1) is 9.36. The maximum Gasteiger partial charge on any atom is 0.416 e. The third kappa shape index (κ3) is 4.38. The van der Waals surface area contributed by atoms with Gasteiger partial charge in [0.15, 0.2) is 0 Å². The molecule has 7 heteroatoms. The van der Waals surface area contributed by atoms with Crippen LogP contribution in [0.1, 0.15) is 24.8 Å². The summed E-state index contributed by atoms with van der Waals surface area (Å²) in [6.07, 6.45) is -1.92. The van der Waals surface area contributed by atoms with Crippen molar-refractivity contribution in [1.29, 1.82) is 0 Å². The van der Waals surface area contributed by atoms with Crippen LogP contribution in [0.2, 0.25) is 5.02 Å². The van der Waals surface area contributed by atoms with E-state index in [-0.39, 0.29) is 23.0 Å². The molecule has 0 atom stereocenters. The van der Waals surface area contributed by atoms with E-state index < -0.39 is 11.7 Å². The van der Waals surface area contributed by atoms with Crippen molar-refractivity contribution < 1.29 is 18.0 Å². The molecule has 0 heterocycles. The summed E-state index contributed by atoms with van der Waals surface area (Å²) in [4.78, 5) is 11.6. The molecule has 1 aromatic rings. The van der Waals surface area contributed by atoms with E-state index in [0.717, 1.165) is 31.0 Å². The minimum absolute atomic E-state index is 0.122. The summed E-state index contributed by atoms with van der Waals surface area (Å²) in [5.74, 6) is -0.278. The van der Waals surface area contributed by atoms with Crippen molar-refractivity contribution in [3.05, 3.63) is 28.8 Å². The summed E-state index contributed by atoms with van der Waals surface area (Å²) >= 11 is 5.74. The molecular formula is C13H14ClF3N2O. The van der Waals surface area contributed by atoms with Gasteiger partial charge >= 0.3 is 6.18 Å². The Morgan fingerprint density at radius 1 is 1.35 bits per heavy atom. The topological polar surface area (TPSA) is 41.1 Å². The largest absolute Gasteiger partial charge is 0.416 e. The fourth-order valence-corrected chi connectivity index (χ4v) is 1.91. The summed E-state index contributed by atoms with van der Waals surface area (Å²) in [6.45, 7) is 0.550. The normalized spacial score (nSPS) is 15.2. The standard InChI is InChI=1S/C13H14ClF3N2O/c14-10-7-8(13(15,16)17)1-4-11(10)19-12(20)5-6-18-9-2-3-9/h1,4,7,9,18H,2-3,5-6H2,(H,19,20). The van der Waals surface area contributed by atoms with Crippen molar-refractivity contribution in [3.63, 3.8) is 0 Å². The minimum Gasteiger partial charge on any atom is -0.325 e. The van der Waals surface area contributed by atoms with Gasteiger partial charge in [-0.15, -0.1) is 0 Å². The summed E-state index contributed by atoms with van der Waals surface area (Å²) < 4.78 is 37.4. The zero-order chi connectivity index (χ0) is 14.8. The van der Waals surface area contributed by atoms with Gasteiger partial charge in [-0.05, 0) is 31.0 Å². The molecule has 1 aliphatic rings. The molecule has 1 saturated carbocycles. The van der Waals surface area contributed by atoms with Gasteiger partial charge < -0.3 is 10.6 Å². The Morgan fingerprint density at radius 3 is 2.60 bits per heavy atom. The van der Waals surface area contributed by atoms with Gasteiger partial charge in [0.2, 0.25) is 5.91 Å². The summed E-state index contributed by atoms with van der Waals surface area (Å²) in [5, 5.41) is 5.56. The van der Waals surface area contributed by atoms with Crippen molar-refractivity contribution in [2.24, 2.45) is 0 Å². The Hall–Kier alpha value is -1.27. The van der Waals surface area contributed by atoms with Gasteiger partial charge in [0.25, 0.3) is 0 Å². The monoisotopic (exact) mass is 306 g/mol. The molecule has 2 N–H and O–H groups in total. The Labute approximate surface area is 119 Å². The van der Waals surface area contributed by atoms with Crippen LogP contribution in [0.4, 0.5) is 18.9 Å². The number of hydrogen-bond acceptors (Lipinski definition) is 2. The van der Waals surface area contributed by atoms with Crippen LogP contribution < -0.4 is 10.6 Å². The maximum absolute atomic E-state index is 12.5.